The number of aromatic nitrogens is 2. The van der Waals surface area contributed by atoms with Crippen LogP contribution in [0.1, 0.15) is 38.5 Å². The Bertz CT molecular complexity index is 920. The van der Waals surface area contributed by atoms with Crippen molar-refractivity contribution in [3.8, 4) is 0 Å². The third-order valence-corrected chi connectivity index (χ3v) is 4.70. The lowest BCUT2D eigenvalue weighted by molar-refractivity contribution is 0.0792. The van der Waals surface area contributed by atoms with Crippen molar-refractivity contribution in [2.45, 2.75) is 18.5 Å². The summed E-state index contributed by atoms with van der Waals surface area (Å²) in [6.45, 7) is 0. The third kappa shape index (κ3) is 3.29. The number of fused-ring (bicyclic) bond motifs is 1. The number of nitrogens with zero attached hydrogens (tertiary/aromatic N) is 2. The van der Waals surface area contributed by atoms with Crippen molar-refractivity contribution in [1.29, 1.82) is 0 Å². The standard InChI is InChI=1S/C21H18N4O2/c26-19(17-9-3-5-13-22-17)24-21(12-11-15-7-1-2-8-16(15)21)25-20(27)18-10-4-6-14-23-18/h1-10,13-14H,11-12H2,(H,24,26)(H,25,27). The fraction of sp³-hybridized carbons (Fsp3) is 0.143. The molecular weight excluding hydrogens is 340 g/mol. The van der Waals surface area contributed by atoms with E-state index in [4.69, 9.17) is 0 Å². The minimum absolute atomic E-state index is 0.299. The van der Waals surface area contributed by atoms with Crippen molar-refractivity contribution in [2.75, 3.05) is 0 Å². The van der Waals surface area contributed by atoms with E-state index in [1.54, 1.807) is 48.8 Å². The number of hydrogen-bond donors (Lipinski definition) is 2. The summed E-state index contributed by atoms with van der Waals surface area (Å²) in [6, 6.07) is 18.1. The number of rotatable bonds is 4. The average Bonchev–Trinajstić information content (AvgIpc) is 3.07. The van der Waals surface area contributed by atoms with Crippen LogP contribution in [0.4, 0.5) is 0 Å². The monoisotopic (exact) mass is 358 g/mol. The Labute approximate surface area is 156 Å². The predicted octanol–water partition coefficient (Wildman–Crippen LogP) is 2.44. The van der Waals surface area contributed by atoms with Gasteiger partial charge in [-0.3, -0.25) is 19.6 Å². The van der Waals surface area contributed by atoms with E-state index >= 15 is 0 Å². The highest BCUT2D eigenvalue weighted by Crippen LogP contribution is 2.35. The van der Waals surface area contributed by atoms with Gasteiger partial charge in [-0.15, -0.1) is 0 Å². The zero-order chi connectivity index (χ0) is 18.7. The molecule has 4 rings (SSSR count). The van der Waals surface area contributed by atoms with E-state index in [1.165, 1.54) is 0 Å². The quantitative estimate of drug-likeness (QED) is 0.702. The van der Waals surface area contributed by atoms with Crippen molar-refractivity contribution in [2.24, 2.45) is 0 Å². The molecule has 0 atom stereocenters. The van der Waals surface area contributed by atoms with Crippen LogP contribution >= 0.6 is 0 Å². The van der Waals surface area contributed by atoms with Crippen LogP contribution in [0.15, 0.2) is 73.1 Å². The van der Waals surface area contributed by atoms with Gasteiger partial charge in [0.1, 0.15) is 17.1 Å². The smallest absolute Gasteiger partial charge is 0.271 e. The summed E-state index contributed by atoms with van der Waals surface area (Å²) in [5.41, 5.74) is 1.58. The zero-order valence-corrected chi connectivity index (χ0v) is 14.6. The highest BCUT2D eigenvalue weighted by atomic mass is 16.2. The molecule has 3 aromatic rings. The van der Waals surface area contributed by atoms with Crippen molar-refractivity contribution in [3.63, 3.8) is 0 Å². The summed E-state index contributed by atoms with van der Waals surface area (Å²) in [6.07, 6.45) is 4.44. The maximum absolute atomic E-state index is 12.8. The van der Waals surface area contributed by atoms with Gasteiger partial charge in [0.15, 0.2) is 0 Å². The first kappa shape index (κ1) is 16.9. The topological polar surface area (TPSA) is 84.0 Å². The molecule has 0 saturated heterocycles. The van der Waals surface area contributed by atoms with Gasteiger partial charge in [0.2, 0.25) is 0 Å². The minimum Gasteiger partial charge on any atom is -0.324 e. The SMILES string of the molecule is O=C(NC1(NC(=O)c2ccccn2)CCc2ccccc21)c1ccccn1. The van der Waals surface area contributed by atoms with Crippen LogP contribution in [0.25, 0.3) is 0 Å². The van der Waals surface area contributed by atoms with E-state index in [9.17, 15) is 9.59 Å². The molecule has 6 nitrogen and oxygen atoms in total. The van der Waals surface area contributed by atoms with Crippen LogP contribution in [0.2, 0.25) is 0 Å². The lowest BCUT2D eigenvalue weighted by Crippen LogP contribution is -2.57. The second-order valence-corrected chi connectivity index (χ2v) is 6.40. The number of amides is 2. The van der Waals surface area contributed by atoms with Crippen LogP contribution < -0.4 is 10.6 Å². The molecule has 1 aliphatic rings. The first-order valence-corrected chi connectivity index (χ1v) is 8.73. The Balaban J connectivity index is 1.69. The van der Waals surface area contributed by atoms with Crippen LogP contribution in [-0.4, -0.2) is 21.8 Å². The van der Waals surface area contributed by atoms with E-state index in [1.807, 2.05) is 24.3 Å². The Kier molecular flexibility index (Phi) is 4.38. The van der Waals surface area contributed by atoms with E-state index in [0.29, 0.717) is 17.8 Å². The summed E-state index contributed by atoms with van der Waals surface area (Å²) in [5, 5.41) is 6.01. The molecule has 27 heavy (non-hydrogen) atoms. The molecular formula is C21H18N4O2. The second-order valence-electron chi connectivity index (χ2n) is 6.40. The lowest BCUT2D eigenvalue weighted by atomic mass is 10.0. The zero-order valence-electron chi connectivity index (χ0n) is 14.6. The maximum Gasteiger partial charge on any atom is 0.271 e. The number of nitrogens with one attached hydrogen (secondary N) is 2. The number of carbonyl (C=O) groups is 2. The van der Waals surface area contributed by atoms with Crippen molar-refractivity contribution >= 4 is 11.8 Å². The Hall–Kier alpha value is -3.54. The predicted molar refractivity (Wildman–Crippen MR) is 99.8 cm³/mol. The van der Waals surface area contributed by atoms with Crippen molar-refractivity contribution in [1.82, 2.24) is 20.6 Å². The number of benzene rings is 1. The van der Waals surface area contributed by atoms with Crippen molar-refractivity contribution in [3.05, 3.63) is 95.6 Å². The normalized spacial score (nSPS) is 14.2. The third-order valence-electron chi connectivity index (χ3n) is 4.70. The number of hydrogen-bond acceptors (Lipinski definition) is 4. The van der Waals surface area contributed by atoms with Gasteiger partial charge >= 0.3 is 0 Å². The Morgan fingerprint density at radius 2 is 1.33 bits per heavy atom. The highest BCUT2D eigenvalue weighted by Gasteiger charge is 2.42. The van der Waals surface area contributed by atoms with Gasteiger partial charge in [-0.25, -0.2) is 0 Å². The van der Waals surface area contributed by atoms with Gasteiger partial charge in [0.25, 0.3) is 11.8 Å². The summed E-state index contributed by atoms with van der Waals surface area (Å²) in [5.74, 6) is -0.678. The van der Waals surface area contributed by atoms with Gasteiger partial charge in [-0.1, -0.05) is 36.4 Å². The molecule has 0 bridgehead atoms. The molecule has 0 fully saturated rings. The number of aryl methyl sites for hydroxylation is 1. The van der Waals surface area contributed by atoms with E-state index < -0.39 is 5.66 Å². The molecule has 2 N–H and O–H groups in total. The van der Waals surface area contributed by atoms with Crippen LogP contribution in [0.3, 0.4) is 0 Å². The first-order valence-electron chi connectivity index (χ1n) is 8.73. The second kappa shape index (κ2) is 6.99. The van der Waals surface area contributed by atoms with Gasteiger partial charge < -0.3 is 10.6 Å². The summed E-state index contributed by atoms with van der Waals surface area (Å²) >= 11 is 0. The largest absolute Gasteiger partial charge is 0.324 e. The molecule has 134 valence electrons. The van der Waals surface area contributed by atoms with Gasteiger partial charge in [0, 0.05) is 18.0 Å². The maximum atomic E-state index is 12.8. The molecule has 0 saturated carbocycles. The lowest BCUT2D eigenvalue weighted by Gasteiger charge is -2.32. The Morgan fingerprint density at radius 3 is 1.89 bits per heavy atom. The molecule has 2 amide bonds. The molecule has 0 unspecified atom stereocenters. The highest BCUT2D eigenvalue weighted by molar-refractivity contribution is 5.95. The minimum atomic E-state index is -1.00. The molecule has 1 aromatic carbocycles. The van der Waals surface area contributed by atoms with Crippen LogP contribution in [-0.2, 0) is 12.1 Å². The molecule has 2 heterocycles. The summed E-state index contributed by atoms with van der Waals surface area (Å²) in [4.78, 5) is 33.8. The molecule has 6 heteroatoms. The molecule has 0 spiro atoms. The summed E-state index contributed by atoms with van der Waals surface area (Å²) in [7, 11) is 0. The van der Waals surface area contributed by atoms with E-state index in [-0.39, 0.29) is 11.8 Å². The van der Waals surface area contributed by atoms with E-state index in [2.05, 4.69) is 20.6 Å². The number of pyridine rings is 2. The van der Waals surface area contributed by atoms with Gasteiger partial charge in [0.05, 0.1) is 0 Å². The fourth-order valence-corrected chi connectivity index (χ4v) is 3.41. The molecule has 0 aliphatic heterocycles. The van der Waals surface area contributed by atoms with Gasteiger partial charge in [-0.05, 0) is 42.7 Å². The van der Waals surface area contributed by atoms with Gasteiger partial charge in [-0.2, -0.15) is 0 Å². The fourth-order valence-electron chi connectivity index (χ4n) is 3.41. The van der Waals surface area contributed by atoms with E-state index in [0.717, 1.165) is 17.5 Å². The molecule has 1 aliphatic carbocycles. The van der Waals surface area contributed by atoms with Crippen molar-refractivity contribution < 1.29 is 9.59 Å². The molecule has 2 aromatic heterocycles. The Morgan fingerprint density at radius 1 is 0.778 bits per heavy atom. The molecule has 0 radical (unpaired) electrons. The summed E-state index contributed by atoms with van der Waals surface area (Å²) < 4.78 is 0. The first-order chi connectivity index (χ1) is 13.2. The van der Waals surface area contributed by atoms with Crippen LogP contribution in [0, 0.1) is 0 Å². The number of carbonyl (C=O) groups excluding carboxylic acids is 2. The average molecular weight is 358 g/mol. The van der Waals surface area contributed by atoms with Crippen LogP contribution in [0.5, 0.6) is 0 Å².